The Kier molecular flexibility index (Phi) is 4.07. The number of non-ortho nitro benzene ring substituents is 1. The smallest absolute Gasteiger partial charge is 0.270 e. The summed E-state index contributed by atoms with van der Waals surface area (Å²) < 4.78 is 0. The van der Waals surface area contributed by atoms with Gasteiger partial charge in [-0.05, 0) is 6.07 Å². The van der Waals surface area contributed by atoms with Gasteiger partial charge in [-0.3, -0.25) is 24.9 Å². The van der Waals surface area contributed by atoms with E-state index in [1.165, 1.54) is 18.2 Å². The highest BCUT2D eigenvalue weighted by Crippen LogP contribution is 2.25. The molecule has 21 heavy (non-hydrogen) atoms. The first-order valence-electron chi connectivity index (χ1n) is 6.03. The Morgan fingerprint density at radius 1 is 1.43 bits per heavy atom. The first-order chi connectivity index (χ1) is 9.99. The lowest BCUT2D eigenvalue weighted by Crippen LogP contribution is -2.22. The minimum Gasteiger partial charge on any atom is -0.368 e. The summed E-state index contributed by atoms with van der Waals surface area (Å²) in [5, 5.41) is 10.8. The maximum atomic E-state index is 11.5. The van der Waals surface area contributed by atoms with Crippen molar-refractivity contribution < 1.29 is 9.72 Å². The minimum atomic E-state index is -0.723. The summed E-state index contributed by atoms with van der Waals surface area (Å²) >= 11 is 0. The number of amides is 1. The van der Waals surface area contributed by atoms with Crippen molar-refractivity contribution in [2.75, 3.05) is 11.9 Å². The molecule has 0 spiro atoms. The number of primary amides is 1. The maximum Gasteiger partial charge on any atom is 0.270 e. The third kappa shape index (κ3) is 3.30. The van der Waals surface area contributed by atoms with Crippen LogP contribution in [0.15, 0.2) is 36.8 Å². The number of benzene rings is 1. The SMILES string of the molecule is CN(Cc1cnccn1)c1ccc([N+](=O)[O-])cc1C(N)=O. The third-order valence-electron chi connectivity index (χ3n) is 2.88. The summed E-state index contributed by atoms with van der Waals surface area (Å²) in [4.78, 5) is 31.5. The quantitative estimate of drug-likeness (QED) is 0.650. The number of nitro groups is 1. The number of hydrogen-bond acceptors (Lipinski definition) is 6. The van der Waals surface area contributed by atoms with Gasteiger partial charge >= 0.3 is 0 Å². The molecule has 108 valence electrons. The molecule has 0 atom stereocenters. The Bertz CT molecular complexity index is 675. The zero-order chi connectivity index (χ0) is 15.4. The van der Waals surface area contributed by atoms with E-state index in [9.17, 15) is 14.9 Å². The summed E-state index contributed by atoms with van der Waals surface area (Å²) in [6.07, 6.45) is 4.73. The Hall–Kier alpha value is -3.03. The average Bonchev–Trinajstić information content (AvgIpc) is 2.47. The Morgan fingerprint density at radius 2 is 2.19 bits per heavy atom. The summed E-state index contributed by atoms with van der Waals surface area (Å²) in [5.41, 5.74) is 6.41. The molecule has 1 amide bonds. The molecular formula is C13H13N5O3. The third-order valence-corrected chi connectivity index (χ3v) is 2.88. The van der Waals surface area contributed by atoms with Crippen LogP contribution in [0.25, 0.3) is 0 Å². The molecule has 0 aliphatic heterocycles. The van der Waals surface area contributed by atoms with Crippen LogP contribution in [0.3, 0.4) is 0 Å². The fraction of sp³-hybridized carbons (Fsp3) is 0.154. The number of rotatable bonds is 5. The van der Waals surface area contributed by atoms with Gasteiger partial charge < -0.3 is 10.6 Å². The molecule has 8 heteroatoms. The molecule has 0 saturated carbocycles. The zero-order valence-electron chi connectivity index (χ0n) is 11.3. The van der Waals surface area contributed by atoms with Crippen molar-refractivity contribution in [3.63, 3.8) is 0 Å². The number of hydrogen-bond donors (Lipinski definition) is 1. The van der Waals surface area contributed by atoms with E-state index in [1.807, 2.05) is 0 Å². The van der Waals surface area contributed by atoms with Crippen molar-refractivity contribution in [1.29, 1.82) is 0 Å². The van der Waals surface area contributed by atoms with E-state index in [0.29, 0.717) is 17.9 Å². The molecule has 0 unspecified atom stereocenters. The standard InChI is InChI=1S/C13H13N5O3/c1-17(8-9-7-15-4-5-16-9)12-3-2-10(18(20)21)6-11(12)13(14)19/h2-7H,8H2,1H3,(H2,14,19). The van der Waals surface area contributed by atoms with Gasteiger partial charge in [-0.1, -0.05) is 0 Å². The number of anilines is 1. The van der Waals surface area contributed by atoms with Gasteiger partial charge in [-0.15, -0.1) is 0 Å². The van der Waals surface area contributed by atoms with Gasteiger partial charge in [0, 0.05) is 31.6 Å². The molecule has 0 fully saturated rings. The van der Waals surface area contributed by atoms with E-state index in [-0.39, 0.29) is 11.3 Å². The van der Waals surface area contributed by atoms with E-state index >= 15 is 0 Å². The molecule has 0 saturated heterocycles. The van der Waals surface area contributed by atoms with Gasteiger partial charge in [0.15, 0.2) is 0 Å². The van der Waals surface area contributed by atoms with Crippen LogP contribution in [0, 0.1) is 10.1 Å². The number of aromatic nitrogens is 2. The second-order valence-electron chi connectivity index (χ2n) is 4.38. The lowest BCUT2D eigenvalue weighted by molar-refractivity contribution is -0.384. The van der Waals surface area contributed by atoms with Crippen LogP contribution in [-0.4, -0.2) is 27.8 Å². The summed E-state index contributed by atoms with van der Waals surface area (Å²) in [6.45, 7) is 0.395. The number of nitro benzene ring substituents is 1. The molecule has 2 N–H and O–H groups in total. The van der Waals surface area contributed by atoms with Gasteiger partial charge in [0.25, 0.3) is 11.6 Å². The van der Waals surface area contributed by atoms with Crippen molar-refractivity contribution in [3.8, 4) is 0 Å². The molecule has 1 aromatic heterocycles. The van der Waals surface area contributed by atoms with Crippen molar-refractivity contribution in [3.05, 3.63) is 58.2 Å². The lowest BCUT2D eigenvalue weighted by Gasteiger charge is -2.20. The number of carbonyl (C=O) groups excluding carboxylic acids is 1. The predicted octanol–water partition coefficient (Wildman–Crippen LogP) is 1.12. The highest BCUT2D eigenvalue weighted by atomic mass is 16.6. The maximum absolute atomic E-state index is 11.5. The van der Waals surface area contributed by atoms with Gasteiger partial charge in [0.2, 0.25) is 0 Å². The molecule has 1 aromatic carbocycles. The molecule has 2 rings (SSSR count). The fourth-order valence-electron chi connectivity index (χ4n) is 1.91. The van der Waals surface area contributed by atoms with Gasteiger partial charge in [0.05, 0.1) is 34.6 Å². The van der Waals surface area contributed by atoms with E-state index in [1.54, 1.807) is 30.5 Å². The second kappa shape index (κ2) is 5.95. The normalized spacial score (nSPS) is 10.1. The number of nitrogens with zero attached hydrogens (tertiary/aromatic N) is 4. The van der Waals surface area contributed by atoms with Crippen LogP contribution in [0.4, 0.5) is 11.4 Å². The van der Waals surface area contributed by atoms with Crippen LogP contribution >= 0.6 is 0 Å². The summed E-state index contributed by atoms with van der Waals surface area (Å²) in [5.74, 6) is -0.723. The molecule has 0 aliphatic carbocycles. The first kappa shape index (κ1) is 14.4. The highest BCUT2D eigenvalue weighted by Gasteiger charge is 2.17. The molecule has 0 aliphatic rings. The second-order valence-corrected chi connectivity index (χ2v) is 4.38. The molecule has 8 nitrogen and oxygen atoms in total. The molecule has 1 heterocycles. The molecule has 2 aromatic rings. The van der Waals surface area contributed by atoms with E-state index in [4.69, 9.17) is 5.73 Å². The van der Waals surface area contributed by atoms with Gasteiger partial charge in [0.1, 0.15) is 0 Å². The largest absolute Gasteiger partial charge is 0.368 e. The van der Waals surface area contributed by atoms with Crippen molar-refractivity contribution in [2.24, 2.45) is 5.73 Å². The Morgan fingerprint density at radius 3 is 2.76 bits per heavy atom. The van der Waals surface area contributed by atoms with E-state index < -0.39 is 10.8 Å². The van der Waals surface area contributed by atoms with Crippen molar-refractivity contribution >= 4 is 17.3 Å². The van der Waals surface area contributed by atoms with Crippen molar-refractivity contribution in [2.45, 2.75) is 6.54 Å². The van der Waals surface area contributed by atoms with Gasteiger partial charge in [-0.25, -0.2) is 0 Å². The topological polar surface area (TPSA) is 115 Å². The Balaban J connectivity index is 2.34. The van der Waals surface area contributed by atoms with Crippen molar-refractivity contribution in [1.82, 2.24) is 9.97 Å². The van der Waals surface area contributed by atoms with Crippen LogP contribution in [0.2, 0.25) is 0 Å². The molecule has 0 bridgehead atoms. The predicted molar refractivity (Wildman–Crippen MR) is 75.8 cm³/mol. The molecule has 0 radical (unpaired) electrons. The number of nitrogens with two attached hydrogens (primary N) is 1. The van der Waals surface area contributed by atoms with Crippen LogP contribution in [0.1, 0.15) is 16.1 Å². The van der Waals surface area contributed by atoms with E-state index in [0.717, 1.165) is 0 Å². The Labute approximate surface area is 120 Å². The molecular weight excluding hydrogens is 274 g/mol. The minimum absolute atomic E-state index is 0.0931. The van der Waals surface area contributed by atoms with E-state index in [2.05, 4.69) is 9.97 Å². The average molecular weight is 287 g/mol. The van der Waals surface area contributed by atoms with Crippen LogP contribution in [-0.2, 0) is 6.54 Å². The fourth-order valence-corrected chi connectivity index (χ4v) is 1.91. The highest BCUT2D eigenvalue weighted by molar-refractivity contribution is 5.99. The lowest BCUT2D eigenvalue weighted by atomic mass is 10.1. The first-order valence-corrected chi connectivity index (χ1v) is 6.03. The van der Waals surface area contributed by atoms with Crippen LogP contribution < -0.4 is 10.6 Å². The summed E-state index contributed by atoms with van der Waals surface area (Å²) in [6, 6.07) is 3.99. The monoisotopic (exact) mass is 287 g/mol. The zero-order valence-corrected chi connectivity index (χ0v) is 11.3. The van der Waals surface area contributed by atoms with Gasteiger partial charge in [-0.2, -0.15) is 0 Å². The summed E-state index contributed by atoms with van der Waals surface area (Å²) in [7, 11) is 1.74. The number of carbonyl (C=O) groups is 1. The van der Waals surface area contributed by atoms with Crippen LogP contribution in [0.5, 0.6) is 0 Å².